The van der Waals surface area contributed by atoms with Crippen LogP contribution in [0.4, 0.5) is 5.69 Å². The molecule has 32 heavy (non-hydrogen) atoms. The number of ketones is 1. The summed E-state index contributed by atoms with van der Waals surface area (Å²) in [6, 6.07) is 5.81. The van der Waals surface area contributed by atoms with Gasteiger partial charge in [0, 0.05) is 35.0 Å². The third kappa shape index (κ3) is 4.15. The molecule has 0 aromatic heterocycles. The molecular weight excluding hydrogens is 416 g/mol. The quantitative estimate of drug-likeness (QED) is 0.319. The van der Waals surface area contributed by atoms with Crippen LogP contribution in [0.5, 0.6) is 0 Å². The smallest absolute Gasteiger partial charge is 0.337 e. The van der Waals surface area contributed by atoms with Crippen molar-refractivity contribution in [1.82, 2.24) is 5.32 Å². The molecule has 1 aromatic rings. The average molecular weight is 442 g/mol. The molecule has 1 aliphatic carbocycles. The Morgan fingerprint density at radius 3 is 2.56 bits per heavy atom. The molecule has 0 radical (unpaired) electrons. The highest BCUT2D eigenvalue weighted by molar-refractivity contribution is 6.12. The molecule has 3 atom stereocenters. The molecule has 2 aliphatic rings. The molecule has 1 heterocycles. The largest absolute Gasteiger partial charge is 0.468 e. The van der Waals surface area contributed by atoms with Crippen LogP contribution in [0.25, 0.3) is 0 Å². The Morgan fingerprint density at radius 1 is 1.28 bits per heavy atom. The van der Waals surface area contributed by atoms with Crippen molar-refractivity contribution >= 4 is 23.4 Å². The lowest BCUT2D eigenvalue weighted by Crippen LogP contribution is -2.43. The number of allylic oxidation sites excluding steroid dienone is 3. The van der Waals surface area contributed by atoms with Crippen LogP contribution in [-0.4, -0.2) is 35.9 Å². The van der Waals surface area contributed by atoms with Gasteiger partial charge in [0.2, 0.25) is 0 Å². The van der Waals surface area contributed by atoms with Gasteiger partial charge < -0.3 is 14.8 Å². The van der Waals surface area contributed by atoms with Crippen LogP contribution < -0.4 is 5.32 Å². The van der Waals surface area contributed by atoms with E-state index in [1.807, 2.05) is 0 Å². The lowest BCUT2D eigenvalue weighted by molar-refractivity contribution is -0.384. The van der Waals surface area contributed by atoms with Gasteiger partial charge >= 0.3 is 11.9 Å². The van der Waals surface area contributed by atoms with Crippen LogP contribution in [0, 0.1) is 22.0 Å². The number of nitro benzene ring substituents is 1. The number of esters is 2. The molecule has 0 unspecified atom stereocenters. The molecule has 0 saturated heterocycles. The van der Waals surface area contributed by atoms with Crippen molar-refractivity contribution < 1.29 is 28.8 Å². The molecule has 1 aromatic carbocycles. The molecule has 0 spiro atoms. The van der Waals surface area contributed by atoms with Gasteiger partial charge in [0.25, 0.3) is 5.69 Å². The number of hydrogen-bond donors (Lipinski definition) is 1. The van der Waals surface area contributed by atoms with E-state index in [1.165, 1.54) is 25.3 Å². The number of carbonyl (C=O) groups is 3. The minimum absolute atomic E-state index is 0.168. The molecule has 0 amide bonds. The molecule has 170 valence electrons. The van der Waals surface area contributed by atoms with Crippen molar-refractivity contribution in [3.63, 3.8) is 0 Å². The highest BCUT2D eigenvalue weighted by Gasteiger charge is 2.47. The van der Waals surface area contributed by atoms with Gasteiger partial charge in [-0.15, -0.1) is 0 Å². The van der Waals surface area contributed by atoms with Crippen molar-refractivity contribution in [2.75, 3.05) is 7.11 Å². The summed E-state index contributed by atoms with van der Waals surface area (Å²) in [5, 5.41) is 14.5. The lowest BCUT2D eigenvalue weighted by Gasteiger charge is -2.38. The number of nitro groups is 1. The maximum absolute atomic E-state index is 13.6. The number of ether oxygens (including phenoxy) is 2. The predicted octanol–water partition coefficient (Wildman–Crippen LogP) is 3.16. The maximum atomic E-state index is 13.6. The van der Waals surface area contributed by atoms with Crippen LogP contribution in [0.1, 0.15) is 45.6 Å². The Bertz CT molecular complexity index is 1050. The van der Waals surface area contributed by atoms with E-state index >= 15 is 0 Å². The number of nitrogens with zero attached hydrogens (tertiary/aromatic N) is 1. The molecular formula is C23H26N2O7. The Hall–Kier alpha value is -3.49. The van der Waals surface area contributed by atoms with E-state index in [0.717, 1.165) is 0 Å². The number of hydrogen-bond acceptors (Lipinski definition) is 8. The second-order valence-electron chi connectivity index (χ2n) is 8.34. The summed E-state index contributed by atoms with van der Waals surface area (Å²) in [5.74, 6) is -3.99. The summed E-state index contributed by atoms with van der Waals surface area (Å²) in [7, 11) is 1.22. The number of dihydropyridines is 1. The monoisotopic (exact) mass is 442 g/mol. The van der Waals surface area contributed by atoms with E-state index in [2.05, 4.69) is 5.32 Å². The van der Waals surface area contributed by atoms with Crippen LogP contribution in [0.3, 0.4) is 0 Å². The van der Waals surface area contributed by atoms with Gasteiger partial charge in [-0.3, -0.25) is 19.7 Å². The Morgan fingerprint density at radius 2 is 1.97 bits per heavy atom. The van der Waals surface area contributed by atoms with Gasteiger partial charge in [-0.05, 0) is 38.7 Å². The zero-order valence-corrected chi connectivity index (χ0v) is 18.6. The Labute approximate surface area is 185 Å². The third-order valence-electron chi connectivity index (χ3n) is 5.72. The first-order valence-electron chi connectivity index (χ1n) is 10.3. The summed E-state index contributed by atoms with van der Waals surface area (Å²) in [6.45, 7) is 6.90. The number of non-ortho nitro benzene ring substituents is 1. The van der Waals surface area contributed by atoms with Crippen molar-refractivity contribution in [3.05, 3.63) is 62.5 Å². The fraction of sp³-hybridized carbons (Fsp3) is 0.435. The van der Waals surface area contributed by atoms with E-state index in [9.17, 15) is 24.5 Å². The van der Waals surface area contributed by atoms with Crippen molar-refractivity contribution in [2.45, 2.75) is 46.1 Å². The topological polar surface area (TPSA) is 125 Å². The molecule has 9 nitrogen and oxygen atoms in total. The number of carbonyl (C=O) groups excluding carboxylic acids is 3. The first kappa shape index (κ1) is 23.2. The fourth-order valence-corrected chi connectivity index (χ4v) is 4.38. The Kier molecular flexibility index (Phi) is 6.47. The SMILES string of the molecule is COC(=O)[C@@H]1C(=O)C2=C(C[C@@H]1C)NC(C)=C(C(=O)OC(C)C)[C@@H]2c1cccc([N+](=O)[O-])c1. The van der Waals surface area contributed by atoms with E-state index < -0.39 is 40.6 Å². The zero-order valence-electron chi connectivity index (χ0n) is 18.6. The zero-order chi connectivity index (χ0) is 23.7. The summed E-state index contributed by atoms with van der Waals surface area (Å²) in [5.41, 5.74) is 1.75. The van der Waals surface area contributed by atoms with Crippen LogP contribution in [0.15, 0.2) is 46.8 Å². The van der Waals surface area contributed by atoms with Crippen LogP contribution >= 0.6 is 0 Å². The lowest BCUT2D eigenvalue weighted by atomic mass is 9.69. The van der Waals surface area contributed by atoms with Gasteiger partial charge in [-0.1, -0.05) is 19.1 Å². The number of Topliss-reactive ketones (excluding diaryl/α,β-unsaturated/α-hetero) is 1. The number of methoxy groups -OCH3 is 1. The minimum Gasteiger partial charge on any atom is -0.468 e. The molecule has 0 bridgehead atoms. The second-order valence-corrected chi connectivity index (χ2v) is 8.34. The molecule has 9 heteroatoms. The van der Waals surface area contributed by atoms with Crippen molar-refractivity contribution in [2.24, 2.45) is 11.8 Å². The van der Waals surface area contributed by atoms with E-state index in [4.69, 9.17) is 9.47 Å². The normalized spacial score (nSPS) is 22.9. The van der Waals surface area contributed by atoms with Crippen LogP contribution in [0.2, 0.25) is 0 Å². The molecule has 0 saturated carbocycles. The second kappa shape index (κ2) is 8.94. The highest BCUT2D eigenvalue weighted by atomic mass is 16.6. The number of benzene rings is 1. The van der Waals surface area contributed by atoms with Crippen molar-refractivity contribution in [3.8, 4) is 0 Å². The maximum Gasteiger partial charge on any atom is 0.337 e. The van der Waals surface area contributed by atoms with Gasteiger partial charge in [0.05, 0.1) is 23.7 Å². The third-order valence-corrected chi connectivity index (χ3v) is 5.72. The minimum atomic E-state index is -1.03. The summed E-state index contributed by atoms with van der Waals surface area (Å²) < 4.78 is 10.3. The molecule has 0 fully saturated rings. The first-order chi connectivity index (χ1) is 15.1. The molecule has 1 aliphatic heterocycles. The summed E-state index contributed by atoms with van der Waals surface area (Å²) in [4.78, 5) is 49.9. The first-order valence-corrected chi connectivity index (χ1v) is 10.3. The molecule has 3 rings (SSSR count). The number of nitrogens with one attached hydrogen (secondary N) is 1. The van der Waals surface area contributed by atoms with Crippen molar-refractivity contribution in [1.29, 1.82) is 0 Å². The van der Waals surface area contributed by atoms with Gasteiger partial charge in [0.15, 0.2) is 5.78 Å². The van der Waals surface area contributed by atoms with E-state index in [1.54, 1.807) is 33.8 Å². The predicted molar refractivity (Wildman–Crippen MR) is 114 cm³/mol. The van der Waals surface area contributed by atoms with Gasteiger partial charge in [0.1, 0.15) is 5.92 Å². The van der Waals surface area contributed by atoms with Gasteiger partial charge in [-0.2, -0.15) is 0 Å². The summed E-state index contributed by atoms with van der Waals surface area (Å²) >= 11 is 0. The summed E-state index contributed by atoms with van der Waals surface area (Å²) in [6.07, 6.45) is -0.0235. The number of rotatable bonds is 5. The fourth-order valence-electron chi connectivity index (χ4n) is 4.38. The Balaban J connectivity index is 2.22. The average Bonchev–Trinajstić information content (AvgIpc) is 2.71. The van der Waals surface area contributed by atoms with Gasteiger partial charge in [-0.25, -0.2) is 4.79 Å². The molecule has 1 N–H and O–H groups in total. The van der Waals surface area contributed by atoms with E-state index in [-0.39, 0.29) is 22.8 Å². The highest BCUT2D eigenvalue weighted by Crippen LogP contribution is 2.46. The standard InChI is InChI=1S/C23H26N2O7/c1-11(2)32-23(28)18-13(4)24-16-9-12(3)17(22(27)31-5)21(26)20(16)19(18)14-7-6-8-15(10-14)25(29)30/h6-8,10-12,17,19,24H,9H2,1-5H3/t12-,17-,19-/m0/s1. The van der Waals surface area contributed by atoms with Crippen LogP contribution in [-0.2, 0) is 23.9 Å². The van der Waals surface area contributed by atoms with E-state index in [0.29, 0.717) is 23.4 Å².